The standard InChI is InChI=1S/C53H44N2/c1-52(2,3)55-49-25-13-12-21-43(49)44-30-28-40(34-50(44)55)54(38-27-26-37-20-14-22-41(46(37)32-38)35-16-8-6-9-17-35)39-29-31-45-48(33-39)53(4,5)47-24-15-23-42(51(45)47)36-18-10-7-11-19-36/h6-34H,1-5H3. The topological polar surface area (TPSA) is 8.17 Å². The number of anilines is 3. The Morgan fingerprint density at radius 2 is 1.04 bits per heavy atom. The minimum absolute atomic E-state index is 0.113. The number of rotatable bonds is 5. The van der Waals surface area contributed by atoms with Gasteiger partial charge in [-0.2, -0.15) is 0 Å². The molecule has 1 aliphatic rings. The van der Waals surface area contributed by atoms with Crippen molar-refractivity contribution in [3.8, 4) is 33.4 Å². The van der Waals surface area contributed by atoms with Gasteiger partial charge < -0.3 is 9.47 Å². The van der Waals surface area contributed by atoms with Crippen LogP contribution in [0.1, 0.15) is 45.7 Å². The second kappa shape index (κ2) is 12.3. The lowest BCUT2D eigenvalue weighted by Gasteiger charge is -2.29. The summed E-state index contributed by atoms with van der Waals surface area (Å²) in [6.45, 7) is 11.7. The molecule has 9 aromatic rings. The molecule has 0 amide bonds. The molecular weight excluding hydrogens is 665 g/mol. The molecule has 0 aliphatic heterocycles. The van der Waals surface area contributed by atoms with Crippen LogP contribution in [0.4, 0.5) is 17.1 Å². The highest BCUT2D eigenvalue weighted by Crippen LogP contribution is 2.54. The first-order valence-corrected chi connectivity index (χ1v) is 19.4. The van der Waals surface area contributed by atoms with Gasteiger partial charge in [0.05, 0.1) is 5.52 Å². The van der Waals surface area contributed by atoms with Crippen LogP contribution in [-0.2, 0) is 11.0 Å². The van der Waals surface area contributed by atoms with E-state index in [1.165, 1.54) is 77.1 Å². The third-order valence-electron chi connectivity index (χ3n) is 11.8. The monoisotopic (exact) mass is 708 g/mol. The van der Waals surface area contributed by atoms with Crippen LogP contribution >= 0.6 is 0 Å². The maximum absolute atomic E-state index is 2.51. The fourth-order valence-corrected chi connectivity index (χ4v) is 9.31. The minimum Gasteiger partial charge on any atom is -0.335 e. The summed E-state index contributed by atoms with van der Waals surface area (Å²) in [6.07, 6.45) is 0. The van der Waals surface area contributed by atoms with Gasteiger partial charge in [0.25, 0.3) is 0 Å². The molecule has 2 heteroatoms. The van der Waals surface area contributed by atoms with Gasteiger partial charge in [-0.15, -0.1) is 0 Å². The molecule has 1 heterocycles. The van der Waals surface area contributed by atoms with Crippen molar-refractivity contribution < 1.29 is 0 Å². The van der Waals surface area contributed by atoms with E-state index in [0.29, 0.717) is 0 Å². The van der Waals surface area contributed by atoms with Gasteiger partial charge in [-0.1, -0.05) is 147 Å². The molecule has 0 bridgehead atoms. The van der Waals surface area contributed by atoms with Gasteiger partial charge in [-0.05, 0) is 119 Å². The summed E-state index contributed by atoms with van der Waals surface area (Å²) in [5, 5.41) is 5.03. The first-order chi connectivity index (χ1) is 26.7. The lowest BCUT2D eigenvalue weighted by Crippen LogP contribution is -2.21. The number of hydrogen-bond donors (Lipinski definition) is 0. The Labute approximate surface area is 323 Å². The molecule has 0 unspecified atom stereocenters. The van der Waals surface area contributed by atoms with E-state index >= 15 is 0 Å². The second-order valence-corrected chi connectivity index (χ2v) is 16.6. The summed E-state index contributed by atoms with van der Waals surface area (Å²) in [6, 6.07) is 65.1. The van der Waals surface area contributed by atoms with Crippen molar-refractivity contribution >= 4 is 49.6 Å². The number of fused-ring (bicyclic) bond motifs is 7. The van der Waals surface area contributed by atoms with Crippen molar-refractivity contribution in [1.82, 2.24) is 4.57 Å². The van der Waals surface area contributed by atoms with Gasteiger partial charge in [-0.25, -0.2) is 0 Å². The van der Waals surface area contributed by atoms with Crippen molar-refractivity contribution in [2.24, 2.45) is 0 Å². The predicted octanol–water partition coefficient (Wildman–Crippen LogP) is 14.8. The van der Waals surface area contributed by atoms with E-state index in [1.54, 1.807) is 0 Å². The largest absolute Gasteiger partial charge is 0.335 e. The van der Waals surface area contributed by atoms with Gasteiger partial charge in [0.1, 0.15) is 0 Å². The van der Waals surface area contributed by atoms with E-state index in [9.17, 15) is 0 Å². The van der Waals surface area contributed by atoms with Crippen LogP contribution in [0.3, 0.4) is 0 Å². The minimum atomic E-state index is -0.177. The normalized spacial score (nSPS) is 13.3. The molecule has 0 spiro atoms. The zero-order valence-corrected chi connectivity index (χ0v) is 32.1. The van der Waals surface area contributed by atoms with Crippen LogP contribution in [0.15, 0.2) is 176 Å². The van der Waals surface area contributed by atoms with Gasteiger partial charge in [0, 0.05) is 44.3 Å². The van der Waals surface area contributed by atoms with E-state index in [1.807, 2.05) is 0 Å². The van der Waals surface area contributed by atoms with Crippen LogP contribution in [0.2, 0.25) is 0 Å². The van der Waals surface area contributed by atoms with Crippen molar-refractivity contribution in [3.63, 3.8) is 0 Å². The van der Waals surface area contributed by atoms with Gasteiger partial charge >= 0.3 is 0 Å². The maximum atomic E-state index is 2.51. The molecule has 10 rings (SSSR count). The SMILES string of the molecule is CC1(C)c2cc(N(c3ccc4cccc(-c5ccccc5)c4c3)c3ccc4c5ccccc5n(C(C)(C)C)c4c3)ccc2-c2c(-c3ccccc3)cccc21. The lowest BCUT2D eigenvalue weighted by atomic mass is 9.81. The number of benzene rings is 8. The summed E-state index contributed by atoms with van der Waals surface area (Å²) in [5.74, 6) is 0. The smallest absolute Gasteiger partial charge is 0.0517 e. The Morgan fingerprint density at radius 3 is 1.80 bits per heavy atom. The fraction of sp³-hybridized carbons (Fsp3) is 0.132. The van der Waals surface area contributed by atoms with E-state index in [2.05, 4.69) is 220 Å². The van der Waals surface area contributed by atoms with Gasteiger partial charge in [0.2, 0.25) is 0 Å². The Bertz CT molecular complexity index is 2920. The third kappa shape index (κ3) is 5.23. The van der Waals surface area contributed by atoms with Crippen molar-refractivity contribution in [2.45, 2.75) is 45.6 Å². The fourth-order valence-electron chi connectivity index (χ4n) is 9.31. The molecule has 2 nitrogen and oxygen atoms in total. The zero-order valence-electron chi connectivity index (χ0n) is 32.1. The molecule has 0 atom stereocenters. The van der Waals surface area contributed by atoms with Gasteiger partial charge in [-0.3, -0.25) is 0 Å². The highest BCUT2D eigenvalue weighted by atomic mass is 15.1. The molecule has 0 saturated carbocycles. The molecular formula is C53H44N2. The molecule has 0 fully saturated rings. The highest BCUT2D eigenvalue weighted by molar-refractivity contribution is 6.10. The predicted molar refractivity (Wildman–Crippen MR) is 235 cm³/mol. The second-order valence-electron chi connectivity index (χ2n) is 16.6. The lowest BCUT2D eigenvalue weighted by molar-refractivity contribution is 0.423. The number of para-hydroxylation sites is 1. The first kappa shape index (κ1) is 33.2. The Morgan fingerprint density at radius 1 is 0.436 bits per heavy atom. The average molecular weight is 709 g/mol. The number of nitrogens with zero attached hydrogens (tertiary/aromatic N) is 2. The number of aromatic nitrogens is 1. The molecule has 1 aliphatic carbocycles. The summed E-state index contributed by atoms with van der Waals surface area (Å²) in [4.78, 5) is 2.47. The molecule has 8 aromatic carbocycles. The molecule has 0 saturated heterocycles. The van der Waals surface area contributed by atoms with Crippen LogP contribution in [0, 0.1) is 0 Å². The van der Waals surface area contributed by atoms with Crippen LogP contribution in [-0.4, -0.2) is 4.57 Å². The summed E-state index contributed by atoms with van der Waals surface area (Å²) < 4.78 is 2.51. The van der Waals surface area contributed by atoms with Crippen molar-refractivity contribution in [1.29, 1.82) is 0 Å². The van der Waals surface area contributed by atoms with Crippen LogP contribution < -0.4 is 4.90 Å². The molecule has 1 aromatic heterocycles. The zero-order chi connectivity index (χ0) is 37.5. The van der Waals surface area contributed by atoms with Crippen molar-refractivity contribution in [2.75, 3.05) is 4.90 Å². The first-order valence-electron chi connectivity index (χ1n) is 19.4. The van der Waals surface area contributed by atoms with E-state index in [-0.39, 0.29) is 11.0 Å². The number of hydrogen-bond acceptors (Lipinski definition) is 1. The quantitative estimate of drug-likeness (QED) is 0.173. The van der Waals surface area contributed by atoms with E-state index in [0.717, 1.165) is 17.1 Å². The Kier molecular flexibility index (Phi) is 7.44. The van der Waals surface area contributed by atoms with E-state index in [4.69, 9.17) is 0 Å². The maximum Gasteiger partial charge on any atom is 0.0517 e. The molecule has 0 N–H and O–H groups in total. The molecule has 266 valence electrons. The van der Waals surface area contributed by atoms with Gasteiger partial charge in [0.15, 0.2) is 0 Å². The van der Waals surface area contributed by atoms with Crippen LogP contribution in [0.5, 0.6) is 0 Å². The van der Waals surface area contributed by atoms with Crippen molar-refractivity contribution in [3.05, 3.63) is 187 Å². The van der Waals surface area contributed by atoms with E-state index < -0.39 is 0 Å². The average Bonchev–Trinajstić information content (AvgIpc) is 3.67. The summed E-state index contributed by atoms with van der Waals surface area (Å²) in [5.41, 5.74) is 16.0. The Balaban J connectivity index is 1.22. The molecule has 55 heavy (non-hydrogen) atoms. The third-order valence-corrected chi connectivity index (χ3v) is 11.8. The van der Waals surface area contributed by atoms with Crippen LogP contribution in [0.25, 0.3) is 66.0 Å². The molecule has 0 radical (unpaired) electrons. The Hall–Kier alpha value is -6.38. The highest BCUT2D eigenvalue weighted by Gasteiger charge is 2.37. The summed E-state index contributed by atoms with van der Waals surface area (Å²) >= 11 is 0. The summed E-state index contributed by atoms with van der Waals surface area (Å²) in [7, 11) is 0.